The highest BCUT2D eigenvalue weighted by Gasteiger charge is 2.56. The number of nitrogens with one attached hydrogen (secondary N) is 2. The molecule has 0 aliphatic carbocycles. The van der Waals surface area contributed by atoms with Crippen molar-refractivity contribution in [3.05, 3.63) is 107 Å². The summed E-state index contributed by atoms with van der Waals surface area (Å²) in [5.74, 6) is -0.868. The molecule has 2 saturated heterocycles. The van der Waals surface area contributed by atoms with Crippen LogP contribution in [0.3, 0.4) is 0 Å². The number of phosphoric acid groups is 2. The molecule has 26 nitrogen and oxygen atoms in total. The highest BCUT2D eigenvalue weighted by molar-refractivity contribution is 7.48. The predicted molar refractivity (Wildman–Crippen MR) is 310 cm³/mol. The van der Waals surface area contributed by atoms with Crippen molar-refractivity contribution < 1.29 is 64.2 Å². The molecule has 450 valence electrons. The van der Waals surface area contributed by atoms with Crippen LogP contribution in [-0.2, 0) is 54.6 Å². The second-order valence-corrected chi connectivity index (χ2v) is 35.5. The van der Waals surface area contributed by atoms with Gasteiger partial charge in [-0.05, 0) is 66.6 Å². The van der Waals surface area contributed by atoms with E-state index in [9.17, 15) is 34.7 Å². The first-order chi connectivity index (χ1) is 39.7. The van der Waals surface area contributed by atoms with E-state index in [2.05, 4.69) is 98.3 Å². The monoisotopic (exact) mass is 1230 g/mol. The Labute approximate surface area is 489 Å². The number of carbonyl (C=O) groups is 2. The van der Waals surface area contributed by atoms with E-state index in [4.69, 9.17) is 45.5 Å². The molecule has 2 amide bonds. The zero-order chi connectivity index (χ0) is 61.1. The Morgan fingerprint density at radius 2 is 1.20 bits per heavy atom. The number of amides is 2. The minimum absolute atomic E-state index is 0.0692. The SMILES string of the molecule is CC(C)(C)[Si](C)(C)O[C@@H]1[C@H](O[Si](C)(C)C(C)(C)C)[C@@H](COP(=O)(OCCC#N)O[C@H]2C[C@H](n3ccc(NC(=O)c4ccccc4)nc3=O)O[C@@H]2COP(=O)(OCCC#N)OCCC#N)O[C@H]1n1cnc2c(NC(=O)c3ccccc3)ncnc21. The summed E-state index contributed by atoms with van der Waals surface area (Å²) in [6.45, 7) is 18.4. The lowest BCUT2D eigenvalue weighted by molar-refractivity contribution is -0.0609. The molecule has 2 aromatic carbocycles. The molecule has 7 rings (SSSR count). The van der Waals surface area contributed by atoms with E-state index in [0.717, 1.165) is 4.57 Å². The van der Waals surface area contributed by atoms with Crippen molar-refractivity contribution in [2.24, 2.45) is 0 Å². The summed E-state index contributed by atoms with van der Waals surface area (Å²) < 4.78 is 95.2. The Kier molecular flexibility index (Phi) is 21.7. The molecule has 0 saturated carbocycles. The van der Waals surface area contributed by atoms with Gasteiger partial charge in [0.25, 0.3) is 11.8 Å². The summed E-state index contributed by atoms with van der Waals surface area (Å²) in [6, 6.07) is 24.0. The molecule has 0 spiro atoms. The van der Waals surface area contributed by atoms with Crippen molar-refractivity contribution in [1.82, 2.24) is 29.1 Å². The molecular weight excluding hydrogens is 1160 g/mol. The van der Waals surface area contributed by atoms with Crippen molar-refractivity contribution in [2.75, 3.05) is 43.7 Å². The van der Waals surface area contributed by atoms with Gasteiger partial charge in [-0.3, -0.25) is 45.9 Å². The van der Waals surface area contributed by atoms with E-state index in [1.165, 1.54) is 24.9 Å². The molecule has 8 atom stereocenters. The number of hydrogen-bond donors (Lipinski definition) is 2. The van der Waals surface area contributed by atoms with Crippen LogP contribution in [0.5, 0.6) is 0 Å². The standard InChI is InChI=1S/C54H71N11O15P2Si2/c1-53(2,3)83(7,8)79-45-41(77-51(46(45)80-84(9,10)54(4,5)6)65-36-60-44-47(58-35-59-48(44)65)63-50(67)38-22-15-12-16-23-38)34-75-82(70,73-31-19-27-57)78-39-32-43(76-40(39)33-74-81(69,71-29-17-25-55)72-30-18-26-56)64-28-24-42(62-52(64)68)61-49(66)37-20-13-11-14-21-37/h11-16,20-24,28,35-36,39-41,43,45-46,51H,17-19,29-34H2,1-10H3,(H,58,59,63,67)(H,61,62,66,68)/t39-,40+,41+,43+,45+,46+,51+,82?/m0/s1. The van der Waals surface area contributed by atoms with E-state index in [1.807, 2.05) is 18.2 Å². The number of aromatic nitrogens is 6. The fourth-order valence-corrected chi connectivity index (χ4v) is 13.4. The first-order valence-electron chi connectivity index (χ1n) is 27.1. The van der Waals surface area contributed by atoms with Gasteiger partial charge in [-0.2, -0.15) is 20.8 Å². The molecule has 2 aliphatic heterocycles. The van der Waals surface area contributed by atoms with Gasteiger partial charge in [-0.1, -0.05) is 77.9 Å². The highest BCUT2D eigenvalue weighted by atomic mass is 31.2. The van der Waals surface area contributed by atoms with Crippen molar-refractivity contribution in [1.29, 1.82) is 15.8 Å². The molecule has 5 aromatic rings. The van der Waals surface area contributed by atoms with Gasteiger partial charge in [0.05, 0.1) is 76.8 Å². The predicted octanol–water partition coefficient (Wildman–Crippen LogP) is 9.98. The number of ether oxygens (including phenoxy) is 2. The summed E-state index contributed by atoms with van der Waals surface area (Å²) in [6.07, 6.45) is -4.80. The third kappa shape index (κ3) is 16.4. The topological polar surface area (TPSA) is 334 Å². The van der Waals surface area contributed by atoms with Gasteiger partial charge in [-0.25, -0.2) is 28.9 Å². The average Bonchev–Trinajstić information content (AvgIpc) is 3.63. The fraction of sp³-hybridized carbons (Fsp3) is 0.519. The normalized spacial score (nSPS) is 21.1. The number of benzene rings is 2. The third-order valence-corrected chi connectivity index (χ3v) is 26.6. The number of phosphoric ester groups is 2. The number of carbonyl (C=O) groups excluding carboxylic acids is 2. The molecule has 84 heavy (non-hydrogen) atoms. The molecule has 5 heterocycles. The first kappa shape index (κ1) is 65.3. The quantitative estimate of drug-likeness (QED) is 0.0280. The summed E-state index contributed by atoms with van der Waals surface area (Å²) >= 11 is 0. The van der Waals surface area contributed by atoms with Crippen molar-refractivity contribution in [2.45, 2.75) is 146 Å². The average molecular weight is 1230 g/mol. The van der Waals surface area contributed by atoms with Gasteiger partial charge in [0.15, 0.2) is 39.8 Å². The summed E-state index contributed by atoms with van der Waals surface area (Å²) in [5.41, 5.74) is 0.374. The van der Waals surface area contributed by atoms with E-state index in [0.29, 0.717) is 11.1 Å². The highest BCUT2D eigenvalue weighted by Crippen LogP contribution is 2.56. The lowest BCUT2D eigenvalue weighted by Gasteiger charge is -2.44. The van der Waals surface area contributed by atoms with Crippen LogP contribution >= 0.6 is 15.6 Å². The Hall–Kier alpha value is -6.23. The Morgan fingerprint density at radius 3 is 1.75 bits per heavy atom. The summed E-state index contributed by atoms with van der Waals surface area (Å²) in [4.78, 5) is 57.8. The Bertz CT molecular complexity index is 3360. The number of fused-ring (bicyclic) bond motifs is 1. The number of anilines is 2. The van der Waals surface area contributed by atoms with E-state index >= 15 is 4.57 Å². The van der Waals surface area contributed by atoms with E-state index < -0.39 is 113 Å². The Morgan fingerprint density at radius 1 is 0.679 bits per heavy atom. The van der Waals surface area contributed by atoms with Crippen LogP contribution in [0.25, 0.3) is 11.2 Å². The number of rotatable bonds is 27. The molecule has 0 bridgehead atoms. The fourth-order valence-electron chi connectivity index (χ4n) is 8.19. The molecule has 1 unspecified atom stereocenters. The zero-order valence-electron chi connectivity index (χ0n) is 48.5. The van der Waals surface area contributed by atoms with Crippen LogP contribution in [0.2, 0.25) is 36.3 Å². The number of nitriles is 3. The van der Waals surface area contributed by atoms with Crippen molar-refractivity contribution in [3.63, 3.8) is 0 Å². The second-order valence-electron chi connectivity index (χ2n) is 22.7. The molecule has 30 heteroatoms. The van der Waals surface area contributed by atoms with Crippen LogP contribution in [0.15, 0.2) is 90.4 Å². The van der Waals surface area contributed by atoms with Gasteiger partial charge >= 0.3 is 21.3 Å². The molecule has 2 N–H and O–H groups in total. The largest absolute Gasteiger partial charge is 0.475 e. The van der Waals surface area contributed by atoms with E-state index in [1.54, 1.807) is 65.2 Å². The Balaban J connectivity index is 1.24. The number of nitrogens with zero attached hydrogens (tertiary/aromatic N) is 9. The molecule has 0 radical (unpaired) electrons. The van der Waals surface area contributed by atoms with Gasteiger partial charge in [-0.15, -0.1) is 0 Å². The smallest absolute Gasteiger partial charge is 0.408 e. The molecule has 2 fully saturated rings. The van der Waals surface area contributed by atoms with Crippen LogP contribution in [-0.4, -0.2) is 121 Å². The van der Waals surface area contributed by atoms with Gasteiger partial charge in [0, 0.05) is 23.7 Å². The number of hydrogen-bond acceptors (Lipinski definition) is 22. The second kappa shape index (κ2) is 27.9. The molecule has 2 aliphatic rings. The molecular formula is C54H71N11O15P2Si2. The van der Waals surface area contributed by atoms with Crippen LogP contribution in [0.1, 0.15) is 100 Å². The van der Waals surface area contributed by atoms with Crippen LogP contribution in [0.4, 0.5) is 11.6 Å². The maximum absolute atomic E-state index is 15.4. The van der Waals surface area contributed by atoms with Crippen LogP contribution < -0.4 is 16.3 Å². The lowest BCUT2D eigenvalue weighted by atomic mass is 10.1. The third-order valence-electron chi connectivity index (χ3n) is 14.7. The number of imidazole rings is 1. The van der Waals surface area contributed by atoms with Crippen LogP contribution in [0, 0.1) is 34.0 Å². The van der Waals surface area contributed by atoms with Crippen molar-refractivity contribution >= 4 is 66.9 Å². The maximum atomic E-state index is 15.4. The lowest BCUT2D eigenvalue weighted by Crippen LogP contribution is -2.54. The minimum atomic E-state index is -4.92. The van der Waals surface area contributed by atoms with Crippen molar-refractivity contribution in [3.8, 4) is 18.2 Å². The van der Waals surface area contributed by atoms with Gasteiger partial charge in [0.1, 0.15) is 48.9 Å². The zero-order valence-corrected chi connectivity index (χ0v) is 52.3. The van der Waals surface area contributed by atoms with Gasteiger partial charge < -0.3 is 29.0 Å². The summed E-state index contributed by atoms with van der Waals surface area (Å²) in [7, 11) is -15.0. The summed E-state index contributed by atoms with van der Waals surface area (Å²) in [5, 5.41) is 32.8. The van der Waals surface area contributed by atoms with E-state index in [-0.39, 0.29) is 71.8 Å². The maximum Gasteiger partial charge on any atom is 0.475 e. The molecule has 3 aromatic heterocycles. The van der Waals surface area contributed by atoms with Gasteiger partial charge in [0.2, 0.25) is 0 Å². The first-order valence-corrected chi connectivity index (χ1v) is 35.8. The minimum Gasteiger partial charge on any atom is -0.408 e.